The van der Waals surface area contributed by atoms with Gasteiger partial charge in [-0.1, -0.05) is 41.9 Å². The van der Waals surface area contributed by atoms with E-state index in [0.29, 0.717) is 16.5 Å². The van der Waals surface area contributed by atoms with Crippen LogP contribution in [0.15, 0.2) is 83.8 Å². The topological polar surface area (TPSA) is 46.6 Å². The Morgan fingerprint density at radius 3 is 2.04 bits per heavy atom. The minimum atomic E-state index is -3.80. The average molecular weight is 402 g/mol. The minimum Gasteiger partial charge on any atom is -0.497 e. The lowest BCUT2D eigenvalue weighted by atomic mass is 10.1. The standard InChI is InChI=1S/C21H20ClNO3S/c1-16(17-6-4-3-5-7-17)23(19-10-8-18(22)9-11-19)27(24,25)21-14-12-20(26-2)13-15-21/h3-16H,1-2H3/t16-/m0/s1. The predicted molar refractivity (Wildman–Crippen MR) is 109 cm³/mol. The summed E-state index contributed by atoms with van der Waals surface area (Å²) in [4.78, 5) is 0.195. The third-order valence-corrected chi connectivity index (χ3v) is 6.50. The van der Waals surface area contributed by atoms with Crippen molar-refractivity contribution in [2.45, 2.75) is 17.9 Å². The predicted octanol–water partition coefficient (Wildman–Crippen LogP) is 5.31. The Hall–Kier alpha value is -2.50. The van der Waals surface area contributed by atoms with Crippen LogP contribution >= 0.6 is 11.6 Å². The molecule has 0 aromatic heterocycles. The number of hydrogen-bond acceptors (Lipinski definition) is 3. The van der Waals surface area contributed by atoms with Crippen molar-refractivity contribution in [1.82, 2.24) is 0 Å². The molecular formula is C21H20ClNO3S. The van der Waals surface area contributed by atoms with Gasteiger partial charge in [-0.15, -0.1) is 0 Å². The van der Waals surface area contributed by atoms with E-state index >= 15 is 0 Å². The quantitative estimate of drug-likeness (QED) is 0.562. The van der Waals surface area contributed by atoms with E-state index in [9.17, 15) is 8.42 Å². The van der Waals surface area contributed by atoms with Gasteiger partial charge in [0.15, 0.2) is 0 Å². The maximum absolute atomic E-state index is 13.5. The Morgan fingerprint density at radius 2 is 1.48 bits per heavy atom. The highest BCUT2D eigenvalue weighted by Crippen LogP contribution is 2.34. The van der Waals surface area contributed by atoms with Crippen LogP contribution in [0, 0.1) is 0 Å². The van der Waals surface area contributed by atoms with Crippen LogP contribution in [0.3, 0.4) is 0 Å². The second-order valence-electron chi connectivity index (χ2n) is 6.04. The first-order chi connectivity index (χ1) is 12.9. The van der Waals surface area contributed by atoms with Crippen LogP contribution < -0.4 is 9.04 Å². The Morgan fingerprint density at radius 1 is 0.889 bits per heavy atom. The molecule has 0 heterocycles. The Kier molecular flexibility index (Phi) is 5.73. The molecule has 1 atom stereocenters. The summed E-state index contributed by atoms with van der Waals surface area (Å²) in [6.45, 7) is 1.87. The number of sulfonamides is 1. The van der Waals surface area contributed by atoms with Crippen LogP contribution in [-0.4, -0.2) is 15.5 Å². The molecule has 0 radical (unpaired) electrons. The second kappa shape index (κ2) is 8.03. The number of hydrogen-bond donors (Lipinski definition) is 0. The van der Waals surface area contributed by atoms with Crippen molar-refractivity contribution in [3.8, 4) is 5.75 Å². The lowest BCUT2D eigenvalue weighted by Crippen LogP contribution is -2.33. The molecule has 0 N–H and O–H groups in total. The molecule has 0 saturated carbocycles. The van der Waals surface area contributed by atoms with Crippen molar-refractivity contribution in [3.63, 3.8) is 0 Å². The maximum atomic E-state index is 13.5. The van der Waals surface area contributed by atoms with E-state index in [2.05, 4.69) is 0 Å². The fraction of sp³-hybridized carbons (Fsp3) is 0.143. The van der Waals surface area contributed by atoms with E-state index in [1.165, 1.54) is 4.31 Å². The Balaban J connectivity index is 2.11. The van der Waals surface area contributed by atoms with E-state index in [4.69, 9.17) is 16.3 Å². The summed E-state index contributed by atoms with van der Waals surface area (Å²) in [5.41, 5.74) is 1.44. The van der Waals surface area contributed by atoms with Crippen molar-refractivity contribution in [2.75, 3.05) is 11.4 Å². The summed E-state index contributed by atoms with van der Waals surface area (Å²) in [7, 11) is -2.26. The molecule has 3 aromatic rings. The fourth-order valence-electron chi connectivity index (χ4n) is 2.89. The summed E-state index contributed by atoms with van der Waals surface area (Å²) >= 11 is 6.00. The van der Waals surface area contributed by atoms with Crippen molar-refractivity contribution in [1.29, 1.82) is 0 Å². The Bertz CT molecular complexity index is 988. The molecule has 27 heavy (non-hydrogen) atoms. The van der Waals surface area contributed by atoms with Gasteiger partial charge in [-0.05, 0) is 61.0 Å². The smallest absolute Gasteiger partial charge is 0.264 e. The van der Waals surface area contributed by atoms with E-state index in [1.54, 1.807) is 55.6 Å². The van der Waals surface area contributed by atoms with Gasteiger partial charge in [-0.25, -0.2) is 8.42 Å². The normalized spacial score (nSPS) is 12.4. The van der Waals surface area contributed by atoms with Gasteiger partial charge >= 0.3 is 0 Å². The zero-order valence-electron chi connectivity index (χ0n) is 15.0. The van der Waals surface area contributed by atoms with Gasteiger partial charge in [0, 0.05) is 5.02 Å². The summed E-state index contributed by atoms with van der Waals surface area (Å²) in [5.74, 6) is 0.600. The first-order valence-corrected chi connectivity index (χ1v) is 10.2. The monoisotopic (exact) mass is 401 g/mol. The molecule has 0 amide bonds. The molecule has 0 aliphatic rings. The molecular weight excluding hydrogens is 382 g/mol. The molecule has 0 aliphatic heterocycles. The molecule has 6 heteroatoms. The van der Waals surface area contributed by atoms with Crippen LogP contribution in [0.25, 0.3) is 0 Å². The lowest BCUT2D eigenvalue weighted by Gasteiger charge is -2.31. The zero-order chi connectivity index (χ0) is 19.4. The summed E-state index contributed by atoms with van der Waals surface area (Å²) in [6, 6.07) is 22.3. The van der Waals surface area contributed by atoms with Crippen LogP contribution in [0.5, 0.6) is 5.75 Å². The number of methoxy groups -OCH3 is 1. The van der Waals surface area contributed by atoms with E-state index < -0.39 is 16.1 Å². The lowest BCUT2D eigenvalue weighted by molar-refractivity contribution is 0.414. The fourth-order valence-corrected chi connectivity index (χ4v) is 4.66. The third-order valence-electron chi connectivity index (χ3n) is 4.33. The van der Waals surface area contributed by atoms with Gasteiger partial charge in [0.1, 0.15) is 5.75 Å². The molecule has 0 spiro atoms. The first-order valence-electron chi connectivity index (χ1n) is 8.42. The number of anilines is 1. The zero-order valence-corrected chi connectivity index (χ0v) is 16.6. The molecule has 3 rings (SSSR count). The minimum absolute atomic E-state index is 0.195. The van der Waals surface area contributed by atoms with Crippen LogP contribution in [0.2, 0.25) is 5.02 Å². The second-order valence-corrected chi connectivity index (χ2v) is 8.29. The van der Waals surface area contributed by atoms with Crippen molar-refractivity contribution in [3.05, 3.63) is 89.4 Å². The molecule has 0 saturated heterocycles. The van der Waals surface area contributed by atoms with Gasteiger partial charge in [0.25, 0.3) is 10.0 Å². The largest absolute Gasteiger partial charge is 0.497 e. The maximum Gasteiger partial charge on any atom is 0.264 e. The highest BCUT2D eigenvalue weighted by molar-refractivity contribution is 7.92. The molecule has 4 nitrogen and oxygen atoms in total. The van der Waals surface area contributed by atoms with Gasteiger partial charge in [0.2, 0.25) is 0 Å². The van der Waals surface area contributed by atoms with E-state index in [1.807, 2.05) is 37.3 Å². The third kappa shape index (κ3) is 4.10. The van der Waals surface area contributed by atoms with Gasteiger partial charge in [-0.3, -0.25) is 4.31 Å². The van der Waals surface area contributed by atoms with Gasteiger partial charge in [-0.2, -0.15) is 0 Å². The molecule has 0 fully saturated rings. The van der Waals surface area contributed by atoms with Crippen molar-refractivity contribution < 1.29 is 13.2 Å². The van der Waals surface area contributed by atoms with Crippen LogP contribution in [0.4, 0.5) is 5.69 Å². The number of benzene rings is 3. The summed E-state index contributed by atoms with van der Waals surface area (Å²) in [5, 5.41) is 0.549. The van der Waals surface area contributed by atoms with E-state index in [-0.39, 0.29) is 4.90 Å². The number of nitrogens with zero attached hydrogens (tertiary/aromatic N) is 1. The van der Waals surface area contributed by atoms with Gasteiger partial charge < -0.3 is 4.74 Å². The highest BCUT2D eigenvalue weighted by atomic mass is 35.5. The number of halogens is 1. The van der Waals surface area contributed by atoms with Gasteiger partial charge in [0.05, 0.1) is 23.7 Å². The first kappa shape index (κ1) is 19.3. The molecule has 140 valence electrons. The molecule has 0 bridgehead atoms. The van der Waals surface area contributed by atoms with Crippen LogP contribution in [-0.2, 0) is 10.0 Å². The number of ether oxygens (including phenoxy) is 1. The highest BCUT2D eigenvalue weighted by Gasteiger charge is 2.30. The molecule has 3 aromatic carbocycles. The van der Waals surface area contributed by atoms with E-state index in [0.717, 1.165) is 5.56 Å². The van der Waals surface area contributed by atoms with Crippen molar-refractivity contribution >= 4 is 27.3 Å². The molecule has 0 unspecified atom stereocenters. The molecule has 0 aliphatic carbocycles. The summed E-state index contributed by atoms with van der Waals surface area (Å²) in [6.07, 6.45) is 0. The SMILES string of the molecule is COc1ccc(S(=O)(=O)N(c2ccc(Cl)cc2)[C@@H](C)c2ccccc2)cc1. The van der Waals surface area contributed by atoms with Crippen molar-refractivity contribution in [2.24, 2.45) is 0 Å². The summed E-state index contributed by atoms with van der Waals surface area (Å²) < 4.78 is 33.5. The Labute approximate surface area is 165 Å². The average Bonchev–Trinajstić information content (AvgIpc) is 2.70. The number of rotatable bonds is 6. The van der Waals surface area contributed by atoms with Crippen LogP contribution in [0.1, 0.15) is 18.5 Å².